The summed E-state index contributed by atoms with van der Waals surface area (Å²) in [5, 5.41) is 5.51. The molecule has 0 heterocycles. The Morgan fingerprint density at radius 2 is 1.67 bits per heavy atom. The molecule has 2 aromatic carbocycles. The molecule has 0 saturated heterocycles. The molecule has 2 rings (SSSR count). The van der Waals surface area contributed by atoms with E-state index >= 15 is 0 Å². The zero-order valence-corrected chi connectivity index (χ0v) is 15.6. The summed E-state index contributed by atoms with van der Waals surface area (Å²) < 4.78 is 18.2. The van der Waals surface area contributed by atoms with Gasteiger partial charge in [0.25, 0.3) is 5.91 Å². The van der Waals surface area contributed by atoms with Crippen LogP contribution in [0.3, 0.4) is 0 Å². The Kier molecular flexibility index (Phi) is 8.09. The summed E-state index contributed by atoms with van der Waals surface area (Å²) in [4.78, 5) is 35.0. The summed E-state index contributed by atoms with van der Waals surface area (Å²) in [6, 6.07) is 12.3. The monoisotopic (exact) mass is 410 g/mol. The van der Waals surface area contributed by atoms with Gasteiger partial charge < -0.3 is 15.4 Å². The standard InChI is InChI=1S/C18H16ClFN2O4S/c19-12-5-7-13(8-6-12)21-17(24)10-27-11-18(25)26-9-16(23)22-15-4-2-1-3-14(15)20/h1-8H,9-11H2,(H,21,24)(H,22,23). The van der Waals surface area contributed by atoms with Crippen molar-refractivity contribution in [3.05, 3.63) is 59.4 Å². The molecule has 142 valence electrons. The van der Waals surface area contributed by atoms with Crippen molar-refractivity contribution in [2.24, 2.45) is 0 Å². The van der Waals surface area contributed by atoms with E-state index in [9.17, 15) is 18.8 Å². The van der Waals surface area contributed by atoms with Crippen LogP contribution in [0.4, 0.5) is 15.8 Å². The van der Waals surface area contributed by atoms with E-state index in [1.165, 1.54) is 18.2 Å². The first kappa shape index (κ1) is 20.7. The molecule has 0 aliphatic rings. The van der Waals surface area contributed by atoms with Crippen molar-refractivity contribution in [2.75, 3.05) is 28.7 Å². The van der Waals surface area contributed by atoms with Crippen molar-refractivity contribution < 1.29 is 23.5 Å². The molecule has 0 fully saturated rings. The average molecular weight is 411 g/mol. The lowest BCUT2D eigenvalue weighted by Gasteiger charge is -2.07. The molecule has 2 aromatic rings. The number of benzene rings is 2. The van der Waals surface area contributed by atoms with Gasteiger partial charge in [-0.15, -0.1) is 11.8 Å². The molecule has 2 N–H and O–H groups in total. The number of hydrogen-bond acceptors (Lipinski definition) is 5. The summed E-state index contributed by atoms with van der Waals surface area (Å²) in [6.45, 7) is -0.537. The molecule has 0 aliphatic heterocycles. The number of esters is 1. The maximum atomic E-state index is 13.4. The van der Waals surface area contributed by atoms with Crippen molar-refractivity contribution in [1.29, 1.82) is 0 Å². The number of amides is 2. The summed E-state index contributed by atoms with van der Waals surface area (Å²) in [6.07, 6.45) is 0. The number of nitrogens with one attached hydrogen (secondary N) is 2. The molecule has 27 heavy (non-hydrogen) atoms. The van der Waals surface area contributed by atoms with E-state index in [2.05, 4.69) is 10.6 Å². The minimum absolute atomic E-state index is 0.00629. The Bertz CT molecular complexity index is 817. The summed E-state index contributed by atoms with van der Waals surface area (Å²) >= 11 is 6.80. The quantitative estimate of drug-likeness (QED) is 0.652. The Morgan fingerprint density at radius 1 is 0.963 bits per heavy atom. The average Bonchev–Trinajstić information content (AvgIpc) is 2.64. The van der Waals surface area contributed by atoms with Crippen molar-refractivity contribution in [3.8, 4) is 0 Å². The molecule has 0 aliphatic carbocycles. The van der Waals surface area contributed by atoms with Crippen LogP contribution in [-0.4, -0.2) is 35.9 Å². The fourth-order valence-corrected chi connectivity index (χ4v) is 2.63. The van der Waals surface area contributed by atoms with Gasteiger partial charge in [-0.25, -0.2) is 4.39 Å². The number of anilines is 2. The third-order valence-corrected chi connectivity index (χ3v) is 4.25. The highest BCUT2D eigenvalue weighted by atomic mass is 35.5. The third kappa shape index (κ3) is 7.67. The number of ether oxygens (including phenoxy) is 1. The molecule has 0 spiro atoms. The van der Waals surface area contributed by atoms with Gasteiger partial charge in [0.15, 0.2) is 6.61 Å². The molecule has 0 bridgehead atoms. The number of carbonyl (C=O) groups is 3. The second kappa shape index (κ2) is 10.5. The number of para-hydroxylation sites is 1. The number of thioether (sulfide) groups is 1. The normalized spacial score (nSPS) is 10.1. The van der Waals surface area contributed by atoms with Crippen molar-refractivity contribution >= 4 is 52.5 Å². The maximum Gasteiger partial charge on any atom is 0.316 e. The number of rotatable bonds is 8. The summed E-state index contributed by atoms with van der Waals surface area (Å²) in [5.41, 5.74) is 0.601. The van der Waals surface area contributed by atoms with Gasteiger partial charge in [-0.3, -0.25) is 14.4 Å². The Labute approximate surface area is 164 Å². The Hall–Kier alpha value is -2.58. The largest absolute Gasteiger partial charge is 0.455 e. The zero-order valence-electron chi connectivity index (χ0n) is 14.0. The van der Waals surface area contributed by atoms with Gasteiger partial charge in [-0.2, -0.15) is 0 Å². The van der Waals surface area contributed by atoms with Crippen LogP contribution in [-0.2, 0) is 19.1 Å². The van der Waals surface area contributed by atoms with Gasteiger partial charge >= 0.3 is 5.97 Å². The van der Waals surface area contributed by atoms with E-state index in [0.29, 0.717) is 10.7 Å². The Morgan fingerprint density at radius 3 is 2.37 bits per heavy atom. The molecular weight excluding hydrogens is 395 g/mol. The SMILES string of the molecule is O=C(CSCC(=O)OCC(=O)Nc1ccccc1F)Nc1ccc(Cl)cc1. The van der Waals surface area contributed by atoms with Crippen LogP contribution in [0.15, 0.2) is 48.5 Å². The zero-order chi connectivity index (χ0) is 19.6. The van der Waals surface area contributed by atoms with Gasteiger partial charge in [0.2, 0.25) is 5.91 Å². The number of hydrogen-bond donors (Lipinski definition) is 2. The molecule has 0 aromatic heterocycles. The molecule has 9 heteroatoms. The smallest absolute Gasteiger partial charge is 0.316 e. The highest BCUT2D eigenvalue weighted by Crippen LogP contribution is 2.14. The van der Waals surface area contributed by atoms with Gasteiger partial charge in [0.05, 0.1) is 17.2 Å². The number of carbonyl (C=O) groups excluding carboxylic acids is 3. The molecule has 0 radical (unpaired) electrons. The third-order valence-electron chi connectivity index (χ3n) is 3.09. The van der Waals surface area contributed by atoms with E-state index < -0.39 is 24.3 Å². The van der Waals surface area contributed by atoms with Crippen molar-refractivity contribution in [2.45, 2.75) is 0 Å². The minimum Gasteiger partial charge on any atom is -0.455 e. The van der Waals surface area contributed by atoms with Crippen LogP contribution in [0.5, 0.6) is 0 Å². The van der Waals surface area contributed by atoms with Crippen LogP contribution in [0.1, 0.15) is 0 Å². The first-order valence-corrected chi connectivity index (χ1v) is 9.30. The molecule has 0 unspecified atom stereocenters. The molecule has 6 nitrogen and oxygen atoms in total. The first-order chi connectivity index (χ1) is 12.9. The predicted molar refractivity (Wildman–Crippen MR) is 103 cm³/mol. The van der Waals surface area contributed by atoms with Crippen molar-refractivity contribution in [3.63, 3.8) is 0 Å². The van der Waals surface area contributed by atoms with Crippen LogP contribution < -0.4 is 10.6 Å². The van der Waals surface area contributed by atoms with E-state index in [1.54, 1.807) is 30.3 Å². The van der Waals surface area contributed by atoms with Gasteiger partial charge in [0.1, 0.15) is 5.82 Å². The number of halogens is 2. The molecule has 0 atom stereocenters. The summed E-state index contributed by atoms with van der Waals surface area (Å²) in [5.74, 6) is -2.23. The minimum atomic E-state index is -0.654. The lowest BCUT2D eigenvalue weighted by atomic mass is 10.3. The van der Waals surface area contributed by atoms with E-state index in [4.69, 9.17) is 16.3 Å². The topological polar surface area (TPSA) is 84.5 Å². The lowest BCUT2D eigenvalue weighted by Crippen LogP contribution is -2.22. The fraction of sp³-hybridized carbons (Fsp3) is 0.167. The Balaban J connectivity index is 1.63. The van der Waals surface area contributed by atoms with Crippen molar-refractivity contribution in [1.82, 2.24) is 0 Å². The summed E-state index contributed by atoms with van der Waals surface area (Å²) in [7, 11) is 0. The van der Waals surface area contributed by atoms with E-state index in [0.717, 1.165) is 11.8 Å². The van der Waals surface area contributed by atoms with Gasteiger partial charge in [0, 0.05) is 10.7 Å². The highest BCUT2D eigenvalue weighted by Gasteiger charge is 2.11. The lowest BCUT2D eigenvalue weighted by molar-refractivity contribution is -0.144. The maximum absolute atomic E-state index is 13.4. The van der Waals surface area contributed by atoms with Crippen LogP contribution in [0.25, 0.3) is 0 Å². The van der Waals surface area contributed by atoms with Gasteiger partial charge in [-0.05, 0) is 36.4 Å². The van der Waals surface area contributed by atoms with Gasteiger partial charge in [-0.1, -0.05) is 23.7 Å². The van der Waals surface area contributed by atoms with Crippen LogP contribution in [0, 0.1) is 5.82 Å². The van der Waals surface area contributed by atoms with Crippen LogP contribution in [0.2, 0.25) is 5.02 Å². The second-order valence-corrected chi connectivity index (χ2v) is 6.66. The fourth-order valence-electron chi connectivity index (χ4n) is 1.89. The van der Waals surface area contributed by atoms with Crippen LogP contribution >= 0.6 is 23.4 Å². The molecule has 0 saturated carbocycles. The first-order valence-electron chi connectivity index (χ1n) is 7.77. The van der Waals surface area contributed by atoms with E-state index in [1.807, 2.05) is 0 Å². The highest BCUT2D eigenvalue weighted by molar-refractivity contribution is 8.00. The van der Waals surface area contributed by atoms with E-state index in [-0.39, 0.29) is 23.1 Å². The predicted octanol–water partition coefficient (Wildman–Crippen LogP) is 3.33. The second-order valence-electron chi connectivity index (χ2n) is 5.24. The molecular formula is C18H16ClFN2O4S. The molecule has 2 amide bonds.